The fraction of sp³-hybridized carbons (Fsp3) is 0.438. The number of hydrogen-bond acceptors (Lipinski definition) is 6. The van der Waals surface area contributed by atoms with Crippen LogP contribution in [0.5, 0.6) is 0 Å². The average Bonchev–Trinajstić information content (AvgIpc) is 2.55. The summed E-state index contributed by atoms with van der Waals surface area (Å²) in [6.07, 6.45) is 1.63. The molecule has 1 saturated heterocycles. The predicted molar refractivity (Wildman–Crippen MR) is 89.7 cm³/mol. The van der Waals surface area contributed by atoms with Crippen LogP contribution in [0.2, 0.25) is 0 Å². The van der Waals surface area contributed by atoms with Crippen LogP contribution in [0.3, 0.4) is 0 Å². The van der Waals surface area contributed by atoms with Gasteiger partial charge in [0.1, 0.15) is 5.82 Å². The Bertz CT molecular complexity index is 682. The minimum absolute atomic E-state index is 0.270. The largest absolute Gasteiger partial charge is 0.353 e. The number of aromatic nitrogens is 3. The standard InChI is InChI=1S/C16H21FN6/c1-12-11-14(20-16(19-12)21(2)3)22-7-9-23(10-8-22)15-13(17)5-4-6-18-15/h4-6,11H,7-10H2,1-3H3. The van der Waals surface area contributed by atoms with Crippen LogP contribution in [0.25, 0.3) is 0 Å². The first-order valence-electron chi connectivity index (χ1n) is 7.68. The average molecular weight is 316 g/mol. The Balaban J connectivity index is 1.73. The molecule has 23 heavy (non-hydrogen) atoms. The Morgan fingerprint density at radius 2 is 1.78 bits per heavy atom. The first-order chi connectivity index (χ1) is 11.0. The molecule has 2 aromatic rings. The van der Waals surface area contributed by atoms with Gasteiger partial charge in [-0.3, -0.25) is 0 Å². The third-order valence-corrected chi connectivity index (χ3v) is 3.87. The molecule has 0 unspecified atom stereocenters. The quantitative estimate of drug-likeness (QED) is 0.859. The van der Waals surface area contributed by atoms with Crippen molar-refractivity contribution in [3.05, 3.63) is 35.9 Å². The number of piperazine rings is 1. The topological polar surface area (TPSA) is 48.4 Å². The second-order valence-electron chi connectivity index (χ2n) is 5.84. The van der Waals surface area contributed by atoms with E-state index in [1.54, 1.807) is 12.3 Å². The summed E-state index contributed by atoms with van der Waals surface area (Å²) in [7, 11) is 3.86. The van der Waals surface area contributed by atoms with E-state index in [9.17, 15) is 4.39 Å². The second-order valence-corrected chi connectivity index (χ2v) is 5.84. The number of hydrogen-bond donors (Lipinski definition) is 0. The van der Waals surface area contributed by atoms with Gasteiger partial charge in [0, 0.05) is 58.2 Å². The molecule has 1 fully saturated rings. The Morgan fingerprint density at radius 1 is 1.09 bits per heavy atom. The van der Waals surface area contributed by atoms with Crippen LogP contribution in [-0.4, -0.2) is 55.2 Å². The minimum atomic E-state index is -0.270. The monoisotopic (exact) mass is 316 g/mol. The maximum atomic E-state index is 13.8. The summed E-state index contributed by atoms with van der Waals surface area (Å²) >= 11 is 0. The lowest BCUT2D eigenvalue weighted by Crippen LogP contribution is -2.47. The summed E-state index contributed by atoms with van der Waals surface area (Å²) in [6, 6.07) is 5.05. The summed E-state index contributed by atoms with van der Waals surface area (Å²) in [4.78, 5) is 19.3. The van der Waals surface area contributed by atoms with Gasteiger partial charge in [-0.2, -0.15) is 4.98 Å². The molecule has 2 aromatic heterocycles. The molecule has 0 aliphatic carbocycles. The molecule has 1 aliphatic heterocycles. The Morgan fingerprint density at radius 3 is 2.43 bits per heavy atom. The summed E-state index contributed by atoms with van der Waals surface area (Å²) < 4.78 is 13.8. The maximum Gasteiger partial charge on any atom is 0.226 e. The van der Waals surface area contributed by atoms with E-state index in [1.807, 2.05) is 36.9 Å². The Kier molecular flexibility index (Phi) is 4.27. The molecule has 0 amide bonds. The van der Waals surface area contributed by atoms with E-state index in [-0.39, 0.29) is 5.82 Å². The molecule has 0 saturated carbocycles. The smallest absolute Gasteiger partial charge is 0.226 e. The summed E-state index contributed by atoms with van der Waals surface area (Å²) in [6.45, 7) is 4.96. The van der Waals surface area contributed by atoms with Crippen LogP contribution < -0.4 is 14.7 Å². The fourth-order valence-electron chi connectivity index (χ4n) is 2.66. The molecule has 122 valence electrons. The first kappa shape index (κ1) is 15.5. The van der Waals surface area contributed by atoms with Gasteiger partial charge < -0.3 is 14.7 Å². The number of halogens is 1. The molecule has 0 aromatic carbocycles. The molecule has 0 bridgehead atoms. The molecule has 7 heteroatoms. The van der Waals surface area contributed by atoms with Gasteiger partial charge in [0.25, 0.3) is 0 Å². The van der Waals surface area contributed by atoms with Crippen molar-refractivity contribution in [2.45, 2.75) is 6.92 Å². The zero-order valence-corrected chi connectivity index (χ0v) is 13.7. The van der Waals surface area contributed by atoms with Crippen molar-refractivity contribution in [2.24, 2.45) is 0 Å². The van der Waals surface area contributed by atoms with Gasteiger partial charge in [-0.15, -0.1) is 0 Å². The van der Waals surface area contributed by atoms with Gasteiger partial charge >= 0.3 is 0 Å². The number of anilines is 3. The van der Waals surface area contributed by atoms with Gasteiger partial charge in [0.2, 0.25) is 5.95 Å². The highest BCUT2D eigenvalue weighted by Gasteiger charge is 2.21. The number of nitrogens with zero attached hydrogens (tertiary/aromatic N) is 6. The first-order valence-corrected chi connectivity index (χ1v) is 7.68. The highest BCUT2D eigenvalue weighted by Crippen LogP contribution is 2.21. The van der Waals surface area contributed by atoms with E-state index in [4.69, 9.17) is 0 Å². The molecule has 3 rings (SSSR count). The van der Waals surface area contributed by atoms with Crippen molar-refractivity contribution in [1.82, 2.24) is 15.0 Å². The summed E-state index contributed by atoms with van der Waals surface area (Å²) in [5.74, 6) is 1.79. The van der Waals surface area contributed by atoms with Crippen LogP contribution in [0, 0.1) is 12.7 Å². The van der Waals surface area contributed by atoms with Crippen molar-refractivity contribution in [3.63, 3.8) is 0 Å². The summed E-state index contributed by atoms with van der Waals surface area (Å²) in [5, 5.41) is 0. The van der Waals surface area contributed by atoms with E-state index in [1.165, 1.54) is 6.07 Å². The van der Waals surface area contributed by atoms with E-state index in [2.05, 4.69) is 19.9 Å². The molecular formula is C16H21FN6. The highest BCUT2D eigenvalue weighted by atomic mass is 19.1. The van der Waals surface area contributed by atoms with E-state index >= 15 is 0 Å². The van der Waals surface area contributed by atoms with Gasteiger partial charge in [-0.1, -0.05) is 0 Å². The zero-order chi connectivity index (χ0) is 16.4. The lowest BCUT2D eigenvalue weighted by atomic mass is 10.3. The lowest BCUT2D eigenvalue weighted by Gasteiger charge is -2.36. The predicted octanol–water partition coefficient (Wildman–Crippen LogP) is 1.71. The third-order valence-electron chi connectivity index (χ3n) is 3.87. The van der Waals surface area contributed by atoms with Crippen molar-refractivity contribution in [1.29, 1.82) is 0 Å². The SMILES string of the molecule is Cc1cc(N2CCN(c3ncccc3F)CC2)nc(N(C)C)n1. The van der Waals surface area contributed by atoms with Gasteiger partial charge in [-0.05, 0) is 19.1 Å². The highest BCUT2D eigenvalue weighted by molar-refractivity contribution is 5.48. The molecule has 0 radical (unpaired) electrons. The van der Waals surface area contributed by atoms with Crippen molar-refractivity contribution in [2.75, 3.05) is 55.0 Å². The van der Waals surface area contributed by atoms with Crippen LogP contribution in [0.1, 0.15) is 5.69 Å². The molecule has 1 aliphatic rings. The van der Waals surface area contributed by atoms with Crippen molar-refractivity contribution >= 4 is 17.6 Å². The fourth-order valence-corrected chi connectivity index (χ4v) is 2.66. The Labute approximate surface area is 135 Å². The third kappa shape index (κ3) is 3.33. The molecule has 3 heterocycles. The molecule has 0 atom stereocenters. The minimum Gasteiger partial charge on any atom is -0.353 e. The van der Waals surface area contributed by atoms with Gasteiger partial charge in [0.15, 0.2) is 11.6 Å². The summed E-state index contributed by atoms with van der Waals surface area (Å²) in [5.41, 5.74) is 0.942. The van der Waals surface area contributed by atoms with Crippen molar-refractivity contribution < 1.29 is 4.39 Å². The number of rotatable bonds is 3. The Hall–Kier alpha value is -2.44. The van der Waals surface area contributed by atoms with Crippen molar-refractivity contribution in [3.8, 4) is 0 Å². The van der Waals surface area contributed by atoms with E-state index in [0.29, 0.717) is 24.9 Å². The van der Waals surface area contributed by atoms with E-state index < -0.39 is 0 Å². The van der Waals surface area contributed by atoms with Crippen LogP contribution in [0.4, 0.5) is 22.0 Å². The van der Waals surface area contributed by atoms with Crippen LogP contribution in [0.15, 0.2) is 24.4 Å². The maximum absolute atomic E-state index is 13.8. The number of pyridine rings is 1. The zero-order valence-electron chi connectivity index (χ0n) is 13.7. The number of aryl methyl sites for hydroxylation is 1. The molecule has 0 spiro atoms. The molecule has 6 nitrogen and oxygen atoms in total. The second kappa shape index (κ2) is 6.36. The molecular weight excluding hydrogens is 295 g/mol. The lowest BCUT2D eigenvalue weighted by molar-refractivity contribution is 0.587. The molecule has 0 N–H and O–H groups in total. The normalized spacial score (nSPS) is 15.0. The van der Waals surface area contributed by atoms with E-state index in [0.717, 1.165) is 24.6 Å². The van der Waals surface area contributed by atoms with Crippen LogP contribution >= 0.6 is 0 Å². The van der Waals surface area contributed by atoms with Gasteiger partial charge in [-0.25, -0.2) is 14.4 Å². The van der Waals surface area contributed by atoms with Gasteiger partial charge in [0.05, 0.1) is 0 Å². The van der Waals surface area contributed by atoms with Crippen LogP contribution in [-0.2, 0) is 0 Å².